The summed E-state index contributed by atoms with van der Waals surface area (Å²) in [5.41, 5.74) is -0.318. The topological polar surface area (TPSA) is 132 Å². The van der Waals surface area contributed by atoms with Gasteiger partial charge in [-0.15, -0.1) is 0 Å². The Kier molecular flexibility index (Phi) is 7.35. The van der Waals surface area contributed by atoms with Gasteiger partial charge in [0.2, 0.25) is 11.8 Å². The largest absolute Gasteiger partial charge is 0.453 e. The maximum absolute atomic E-state index is 15.1. The molecule has 0 aliphatic carbocycles. The highest BCUT2D eigenvalue weighted by molar-refractivity contribution is 6.15. The molecule has 2 aromatic carbocycles. The zero-order valence-corrected chi connectivity index (χ0v) is 21.9. The molecule has 4 aromatic rings. The van der Waals surface area contributed by atoms with Crippen molar-refractivity contribution in [2.24, 2.45) is 5.41 Å². The van der Waals surface area contributed by atoms with Crippen LogP contribution in [-0.4, -0.2) is 51.3 Å². The maximum atomic E-state index is 15.1. The molecule has 2 amide bonds. The molecule has 1 aliphatic rings. The van der Waals surface area contributed by atoms with Crippen LogP contribution in [0, 0.1) is 17.0 Å². The summed E-state index contributed by atoms with van der Waals surface area (Å²) in [6, 6.07) is 10.7. The highest BCUT2D eigenvalue weighted by atomic mass is 19.1. The van der Waals surface area contributed by atoms with Crippen LogP contribution in [0.4, 0.5) is 26.0 Å². The fraction of sp³-hybridized carbons (Fsp3) is 0.286. The van der Waals surface area contributed by atoms with E-state index in [-0.39, 0.29) is 29.8 Å². The van der Waals surface area contributed by atoms with Crippen LogP contribution in [0.15, 0.2) is 54.7 Å². The number of aromatic amines is 1. The Labute approximate surface area is 228 Å². The smallest absolute Gasteiger partial charge is 0.242 e. The fourth-order valence-corrected chi connectivity index (χ4v) is 4.61. The van der Waals surface area contributed by atoms with Crippen LogP contribution < -0.4 is 20.3 Å². The summed E-state index contributed by atoms with van der Waals surface area (Å²) in [4.78, 5) is 32.3. The Morgan fingerprint density at radius 3 is 2.70 bits per heavy atom. The summed E-state index contributed by atoms with van der Waals surface area (Å²) in [6.45, 7) is 3.60. The van der Waals surface area contributed by atoms with Gasteiger partial charge in [0.1, 0.15) is 22.4 Å². The molecular weight excluding hydrogens is 522 g/mol. The van der Waals surface area contributed by atoms with E-state index in [1.807, 2.05) is 0 Å². The number of carbonyl (C=O) groups is 2. The highest BCUT2D eigenvalue weighted by Gasteiger charge is 2.46. The molecular formula is C28H28F2N6O4. The Bertz CT molecular complexity index is 1560. The van der Waals surface area contributed by atoms with Gasteiger partial charge in [0, 0.05) is 42.3 Å². The number of H-pyrrole nitrogens is 1. The summed E-state index contributed by atoms with van der Waals surface area (Å²) in [6.07, 6.45) is 2.36. The van der Waals surface area contributed by atoms with Crippen LogP contribution in [0.3, 0.4) is 0 Å². The number of ether oxygens (including phenoxy) is 1. The fourth-order valence-electron chi connectivity index (χ4n) is 4.61. The number of hydrogen-bond acceptors (Lipinski definition) is 7. The minimum atomic E-state index is -1.39. The van der Waals surface area contributed by atoms with E-state index in [1.165, 1.54) is 47.5 Å². The van der Waals surface area contributed by atoms with Crippen LogP contribution in [0.25, 0.3) is 11.0 Å². The molecule has 0 radical (unpaired) electrons. The first kappa shape index (κ1) is 27.0. The van der Waals surface area contributed by atoms with Crippen molar-refractivity contribution in [2.45, 2.75) is 32.7 Å². The van der Waals surface area contributed by atoms with Crippen molar-refractivity contribution < 1.29 is 28.2 Å². The van der Waals surface area contributed by atoms with Crippen molar-refractivity contribution in [2.75, 3.05) is 28.7 Å². The zero-order chi connectivity index (χ0) is 28.4. The first-order valence-corrected chi connectivity index (χ1v) is 12.8. The molecule has 4 N–H and O–H groups in total. The number of nitrogens with one attached hydrogen (secondary N) is 3. The van der Waals surface area contributed by atoms with Gasteiger partial charge in [-0.25, -0.2) is 13.8 Å². The van der Waals surface area contributed by atoms with Gasteiger partial charge in [0.25, 0.3) is 0 Å². The zero-order valence-electron chi connectivity index (χ0n) is 21.9. The lowest BCUT2D eigenvalue weighted by Crippen LogP contribution is -2.53. The summed E-state index contributed by atoms with van der Waals surface area (Å²) in [7, 11) is 0. The van der Waals surface area contributed by atoms with E-state index in [1.54, 1.807) is 19.9 Å². The van der Waals surface area contributed by atoms with E-state index < -0.39 is 28.9 Å². The molecule has 2 atom stereocenters. The summed E-state index contributed by atoms with van der Waals surface area (Å²) in [5, 5.41) is 22.5. The molecule has 0 saturated carbocycles. The minimum Gasteiger partial charge on any atom is -0.453 e. The Morgan fingerprint density at radius 1 is 1.20 bits per heavy atom. The van der Waals surface area contributed by atoms with Crippen LogP contribution >= 0.6 is 0 Å². The number of rotatable bonds is 8. The molecule has 1 fully saturated rings. The van der Waals surface area contributed by atoms with E-state index in [9.17, 15) is 19.1 Å². The highest BCUT2D eigenvalue weighted by Crippen LogP contribution is 2.37. The third-order valence-corrected chi connectivity index (χ3v) is 6.90. The van der Waals surface area contributed by atoms with Crippen LogP contribution in [0.1, 0.15) is 26.7 Å². The molecule has 2 aromatic heterocycles. The van der Waals surface area contributed by atoms with Crippen molar-refractivity contribution >= 4 is 40.0 Å². The number of aliphatic hydroxyl groups is 1. The average molecular weight is 551 g/mol. The van der Waals surface area contributed by atoms with Crippen LogP contribution in [0.5, 0.6) is 11.5 Å². The normalized spacial score (nSPS) is 18.0. The molecule has 0 bridgehead atoms. The van der Waals surface area contributed by atoms with Crippen molar-refractivity contribution in [3.63, 3.8) is 0 Å². The number of aromatic nitrogens is 3. The van der Waals surface area contributed by atoms with Gasteiger partial charge in [-0.05, 0) is 63.1 Å². The second kappa shape index (κ2) is 10.9. The molecule has 208 valence electrons. The number of amides is 2. The molecule has 5 rings (SSSR count). The monoisotopic (exact) mass is 550 g/mol. The van der Waals surface area contributed by atoms with E-state index in [2.05, 4.69) is 25.8 Å². The first-order valence-electron chi connectivity index (χ1n) is 12.8. The third-order valence-electron chi connectivity index (χ3n) is 6.90. The van der Waals surface area contributed by atoms with E-state index in [0.29, 0.717) is 41.9 Å². The maximum Gasteiger partial charge on any atom is 0.242 e. The number of carbonyl (C=O) groups excluding carboxylic acids is 2. The number of piperidine rings is 1. The van der Waals surface area contributed by atoms with Crippen LogP contribution in [0.2, 0.25) is 0 Å². The first-order chi connectivity index (χ1) is 19.2. The second-order valence-corrected chi connectivity index (χ2v) is 9.90. The van der Waals surface area contributed by atoms with Crippen LogP contribution in [-0.2, 0) is 9.59 Å². The van der Waals surface area contributed by atoms with Gasteiger partial charge in [0.05, 0.1) is 6.61 Å². The van der Waals surface area contributed by atoms with Gasteiger partial charge >= 0.3 is 0 Å². The molecule has 0 spiro atoms. The summed E-state index contributed by atoms with van der Waals surface area (Å²) >= 11 is 0. The summed E-state index contributed by atoms with van der Waals surface area (Å²) in [5.74, 6) is -1.57. The quantitative estimate of drug-likeness (QED) is 0.236. The lowest BCUT2D eigenvalue weighted by molar-refractivity contribution is -0.139. The predicted octanol–water partition coefficient (Wildman–Crippen LogP) is 4.59. The molecule has 1 aliphatic heterocycles. The third kappa shape index (κ3) is 5.17. The Balaban J connectivity index is 1.33. The van der Waals surface area contributed by atoms with Crippen molar-refractivity contribution in [3.8, 4) is 11.5 Å². The minimum absolute atomic E-state index is 0.102. The number of benzene rings is 2. The number of aliphatic hydroxyl groups excluding tert-OH is 1. The average Bonchev–Trinajstić information content (AvgIpc) is 3.35. The van der Waals surface area contributed by atoms with Crippen molar-refractivity contribution in [1.29, 1.82) is 0 Å². The van der Waals surface area contributed by atoms with Gasteiger partial charge in [-0.1, -0.05) is 0 Å². The molecule has 3 heterocycles. The van der Waals surface area contributed by atoms with Gasteiger partial charge in [0.15, 0.2) is 23.0 Å². The van der Waals surface area contributed by atoms with E-state index >= 15 is 4.39 Å². The SMILES string of the molecule is CC(CO)Nc1n[nH]c2nccc(Oc3ccc(NC(=O)C4(C)CCCN(c5ccc(F)cc5)C4=O)cc3F)c12. The molecule has 40 heavy (non-hydrogen) atoms. The standard InChI is InChI=1S/C28H28F2N6O4/c1-16(15-37)32-25-23-22(10-12-31-24(23)34-35-25)40-21-9-6-18(14-20(21)30)33-26(38)28(2)11-3-13-36(27(28)39)19-7-4-17(29)5-8-19/h4-10,12,14,16,37H,3,11,13,15H2,1-2H3,(H,33,38)(H2,31,32,34,35). The Morgan fingerprint density at radius 2 is 1.98 bits per heavy atom. The molecule has 10 nitrogen and oxygen atoms in total. The molecule has 12 heteroatoms. The lowest BCUT2D eigenvalue weighted by atomic mass is 9.79. The number of hydrogen-bond donors (Lipinski definition) is 4. The van der Waals surface area contributed by atoms with Crippen molar-refractivity contribution in [3.05, 3.63) is 66.4 Å². The van der Waals surface area contributed by atoms with Gasteiger partial charge in [-0.2, -0.15) is 5.10 Å². The molecule has 1 saturated heterocycles. The van der Waals surface area contributed by atoms with Crippen molar-refractivity contribution in [1.82, 2.24) is 15.2 Å². The van der Waals surface area contributed by atoms with Gasteiger partial charge < -0.3 is 25.4 Å². The number of halogens is 2. The van der Waals surface area contributed by atoms with E-state index in [0.717, 1.165) is 6.07 Å². The number of anilines is 3. The van der Waals surface area contributed by atoms with E-state index in [4.69, 9.17) is 4.74 Å². The molecule has 2 unspecified atom stereocenters. The number of pyridine rings is 1. The Hall–Kier alpha value is -4.58. The van der Waals surface area contributed by atoms with Gasteiger partial charge in [-0.3, -0.25) is 14.7 Å². The number of nitrogens with zero attached hydrogens (tertiary/aromatic N) is 3. The second-order valence-electron chi connectivity index (χ2n) is 9.90. The predicted molar refractivity (Wildman–Crippen MR) is 145 cm³/mol. The number of fused-ring (bicyclic) bond motifs is 1. The lowest BCUT2D eigenvalue weighted by Gasteiger charge is -2.38. The summed E-state index contributed by atoms with van der Waals surface area (Å²) < 4.78 is 34.3.